The van der Waals surface area contributed by atoms with Crippen molar-refractivity contribution in [1.82, 2.24) is 10.6 Å². The lowest BCUT2D eigenvalue weighted by molar-refractivity contribution is -0.126. The second kappa shape index (κ2) is 7.39. The molecule has 1 spiro atoms. The molecule has 0 saturated heterocycles. The summed E-state index contributed by atoms with van der Waals surface area (Å²) in [5, 5.41) is 15.9. The number of aliphatic hydroxyl groups excluding tert-OH is 1. The predicted octanol–water partition coefficient (Wildman–Crippen LogP) is 2.57. The van der Waals surface area contributed by atoms with Gasteiger partial charge < -0.3 is 20.5 Å². The minimum absolute atomic E-state index is 0.0451. The van der Waals surface area contributed by atoms with Gasteiger partial charge in [0.05, 0.1) is 12.2 Å². The summed E-state index contributed by atoms with van der Waals surface area (Å²) in [5.74, 6) is 0.419. The van der Waals surface area contributed by atoms with Gasteiger partial charge in [0.25, 0.3) is 0 Å². The lowest BCUT2D eigenvalue weighted by Gasteiger charge is -2.54. The Morgan fingerprint density at radius 3 is 2.70 bits per heavy atom. The average Bonchev–Trinajstić information content (AvgIpc) is 3.05. The van der Waals surface area contributed by atoms with Gasteiger partial charge in [-0.3, -0.25) is 0 Å². The predicted molar refractivity (Wildman–Crippen MR) is 89.2 cm³/mol. The fourth-order valence-corrected chi connectivity index (χ4v) is 4.98. The van der Waals surface area contributed by atoms with E-state index in [9.17, 15) is 9.90 Å². The van der Waals surface area contributed by atoms with E-state index in [0.29, 0.717) is 18.6 Å². The van der Waals surface area contributed by atoms with E-state index in [4.69, 9.17) is 4.74 Å². The Kier molecular flexibility index (Phi) is 5.47. The molecule has 5 nitrogen and oxygen atoms in total. The normalized spacial score (nSPS) is 35.7. The molecule has 5 heteroatoms. The third-order valence-electron chi connectivity index (χ3n) is 6.30. The van der Waals surface area contributed by atoms with E-state index in [-0.39, 0.29) is 23.6 Å². The Labute approximate surface area is 139 Å². The number of rotatable bonds is 5. The summed E-state index contributed by atoms with van der Waals surface area (Å²) < 4.78 is 5.89. The minimum atomic E-state index is -0.182. The van der Waals surface area contributed by atoms with Crippen molar-refractivity contribution in [3.63, 3.8) is 0 Å². The van der Waals surface area contributed by atoms with Crippen LogP contribution in [0.3, 0.4) is 0 Å². The molecule has 0 heterocycles. The maximum absolute atomic E-state index is 12.2. The second-order valence-electron chi connectivity index (χ2n) is 7.71. The molecule has 0 radical (unpaired) electrons. The molecule has 3 aliphatic rings. The van der Waals surface area contributed by atoms with Gasteiger partial charge in [-0.15, -0.1) is 0 Å². The van der Waals surface area contributed by atoms with E-state index in [1.54, 1.807) is 0 Å². The number of hydrogen-bond donors (Lipinski definition) is 3. The zero-order valence-corrected chi connectivity index (χ0v) is 14.4. The number of amides is 2. The van der Waals surface area contributed by atoms with E-state index in [1.165, 1.54) is 25.7 Å². The second-order valence-corrected chi connectivity index (χ2v) is 7.71. The summed E-state index contributed by atoms with van der Waals surface area (Å²) in [6, 6.07) is 0.217. The molecule has 0 aromatic rings. The molecular weight excluding hydrogens is 292 g/mol. The van der Waals surface area contributed by atoms with Crippen molar-refractivity contribution < 1.29 is 14.6 Å². The van der Waals surface area contributed by atoms with Crippen molar-refractivity contribution >= 4 is 6.03 Å². The molecule has 0 bridgehead atoms. The summed E-state index contributed by atoms with van der Waals surface area (Å²) in [6.45, 7) is 3.49. The number of aliphatic hydroxyl groups is 1. The first kappa shape index (κ1) is 17.0. The van der Waals surface area contributed by atoms with Crippen LogP contribution in [0.1, 0.15) is 64.7 Å². The third-order valence-corrected chi connectivity index (χ3v) is 6.30. The van der Waals surface area contributed by atoms with E-state index < -0.39 is 0 Å². The van der Waals surface area contributed by atoms with Crippen LogP contribution in [0, 0.1) is 11.3 Å². The summed E-state index contributed by atoms with van der Waals surface area (Å²) >= 11 is 0. The Balaban J connectivity index is 1.44. The van der Waals surface area contributed by atoms with Gasteiger partial charge in [-0.25, -0.2) is 4.79 Å². The van der Waals surface area contributed by atoms with Gasteiger partial charge >= 0.3 is 6.03 Å². The largest absolute Gasteiger partial charge is 0.393 e. The molecule has 3 N–H and O–H groups in total. The van der Waals surface area contributed by atoms with Gasteiger partial charge in [-0.1, -0.05) is 19.3 Å². The molecule has 3 fully saturated rings. The van der Waals surface area contributed by atoms with E-state index in [2.05, 4.69) is 17.6 Å². The van der Waals surface area contributed by atoms with E-state index in [1.807, 2.05) is 0 Å². The number of urea groups is 1. The molecule has 3 saturated carbocycles. The average molecular weight is 324 g/mol. The Morgan fingerprint density at radius 2 is 2.00 bits per heavy atom. The summed E-state index contributed by atoms with van der Waals surface area (Å²) in [7, 11) is 0. The fraction of sp³-hybridized carbons (Fsp3) is 0.944. The van der Waals surface area contributed by atoms with Gasteiger partial charge in [0.15, 0.2) is 0 Å². The molecule has 132 valence electrons. The number of ether oxygens (including phenoxy) is 1. The highest BCUT2D eigenvalue weighted by atomic mass is 16.5. The van der Waals surface area contributed by atoms with E-state index >= 15 is 0 Å². The van der Waals surface area contributed by atoms with Gasteiger partial charge in [0.1, 0.15) is 0 Å². The first-order valence-corrected chi connectivity index (χ1v) is 9.48. The third kappa shape index (κ3) is 3.66. The van der Waals surface area contributed by atoms with Gasteiger partial charge in [0.2, 0.25) is 0 Å². The molecule has 3 rings (SSSR count). The molecule has 4 atom stereocenters. The first-order valence-electron chi connectivity index (χ1n) is 9.48. The van der Waals surface area contributed by atoms with Crippen molar-refractivity contribution in [2.75, 3.05) is 13.2 Å². The Hall–Kier alpha value is -0.810. The lowest BCUT2D eigenvalue weighted by Crippen LogP contribution is -2.64. The van der Waals surface area contributed by atoms with Crippen LogP contribution in [0.15, 0.2) is 0 Å². The highest BCUT2D eigenvalue weighted by Gasteiger charge is 2.57. The fourth-order valence-electron chi connectivity index (χ4n) is 4.98. The van der Waals surface area contributed by atoms with Gasteiger partial charge in [-0.05, 0) is 51.4 Å². The summed E-state index contributed by atoms with van der Waals surface area (Å²) in [6.07, 6.45) is 9.86. The van der Waals surface area contributed by atoms with Gasteiger partial charge in [-0.2, -0.15) is 0 Å². The molecule has 3 aliphatic carbocycles. The van der Waals surface area contributed by atoms with Crippen LogP contribution < -0.4 is 10.6 Å². The van der Waals surface area contributed by atoms with Crippen molar-refractivity contribution in [3.8, 4) is 0 Å². The van der Waals surface area contributed by atoms with Crippen LogP contribution in [-0.2, 0) is 4.74 Å². The zero-order chi connectivity index (χ0) is 16.3. The van der Waals surface area contributed by atoms with Crippen LogP contribution >= 0.6 is 0 Å². The molecular formula is C18H32N2O3. The van der Waals surface area contributed by atoms with Crippen LogP contribution in [0.25, 0.3) is 0 Å². The maximum Gasteiger partial charge on any atom is 0.315 e. The van der Waals surface area contributed by atoms with Crippen molar-refractivity contribution in [2.24, 2.45) is 11.3 Å². The molecule has 0 aromatic heterocycles. The lowest BCUT2D eigenvalue weighted by atomic mass is 9.60. The van der Waals surface area contributed by atoms with Crippen molar-refractivity contribution in [1.29, 1.82) is 0 Å². The highest BCUT2D eigenvalue weighted by molar-refractivity contribution is 5.74. The molecule has 0 aromatic carbocycles. The topological polar surface area (TPSA) is 70.6 Å². The zero-order valence-electron chi connectivity index (χ0n) is 14.4. The van der Waals surface area contributed by atoms with Crippen LogP contribution in [0.2, 0.25) is 0 Å². The molecule has 2 amide bonds. The minimum Gasteiger partial charge on any atom is -0.393 e. The van der Waals surface area contributed by atoms with Crippen LogP contribution in [0.5, 0.6) is 0 Å². The number of hydrogen-bond acceptors (Lipinski definition) is 3. The van der Waals surface area contributed by atoms with Gasteiger partial charge in [0, 0.05) is 24.6 Å². The van der Waals surface area contributed by atoms with Crippen LogP contribution in [0.4, 0.5) is 4.79 Å². The van der Waals surface area contributed by atoms with Crippen LogP contribution in [-0.4, -0.2) is 42.5 Å². The van der Waals surface area contributed by atoms with E-state index in [0.717, 1.165) is 38.7 Å². The maximum atomic E-state index is 12.2. The Bertz CT molecular complexity index is 409. The SMILES string of the molecule is CCOC1CC(NC(=O)NCC2CCCC(O)C2)C12CCCC2. The number of carbonyl (C=O) groups excluding carboxylic acids is 1. The monoisotopic (exact) mass is 324 g/mol. The standard InChI is InChI=1S/C18H32N2O3/c1-2-23-16-11-15(18(16)8-3-4-9-18)20-17(22)19-12-13-6-5-7-14(21)10-13/h13-16,21H,2-12H2,1H3,(H2,19,20,22). The first-order chi connectivity index (χ1) is 11.1. The summed E-state index contributed by atoms with van der Waals surface area (Å²) in [4.78, 5) is 12.2. The van der Waals surface area contributed by atoms with Crippen molar-refractivity contribution in [3.05, 3.63) is 0 Å². The molecule has 4 unspecified atom stereocenters. The quantitative estimate of drug-likeness (QED) is 0.728. The molecule has 0 aliphatic heterocycles. The number of carbonyl (C=O) groups is 1. The number of nitrogens with one attached hydrogen (secondary N) is 2. The highest BCUT2D eigenvalue weighted by Crippen LogP contribution is 2.54. The Morgan fingerprint density at radius 1 is 1.22 bits per heavy atom. The van der Waals surface area contributed by atoms with Crippen molar-refractivity contribution in [2.45, 2.75) is 83.0 Å². The molecule has 23 heavy (non-hydrogen) atoms. The summed E-state index contributed by atoms with van der Waals surface area (Å²) in [5.41, 5.74) is 0.189. The smallest absolute Gasteiger partial charge is 0.315 e.